The second kappa shape index (κ2) is 7.38. The average molecular weight is 505 g/mol. The van der Waals surface area contributed by atoms with Crippen molar-refractivity contribution in [3.05, 3.63) is 75.7 Å². The third kappa shape index (κ3) is 2.80. The molecule has 1 fully saturated rings. The van der Waals surface area contributed by atoms with Crippen LogP contribution in [0.5, 0.6) is 5.75 Å². The molecule has 0 radical (unpaired) electrons. The first kappa shape index (κ1) is 20.6. The van der Waals surface area contributed by atoms with Crippen molar-refractivity contribution in [3.8, 4) is 11.8 Å². The number of ether oxygens (including phenoxy) is 1. The largest absolute Gasteiger partial charge is 0.481 e. The van der Waals surface area contributed by atoms with Gasteiger partial charge in [0.1, 0.15) is 11.2 Å². The Bertz CT molecular complexity index is 949. The van der Waals surface area contributed by atoms with Crippen molar-refractivity contribution < 1.29 is 14.6 Å². The third-order valence-electron chi connectivity index (χ3n) is 5.80. The number of para-hydroxylation sites is 1. The molecule has 1 aliphatic carbocycles. The molecule has 6 heteroatoms. The zero-order chi connectivity index (χ0) is 20.6. The van der Waals surface area contributed by atoms with Gasteiger partial charge < -0.3 is 9.84 Å². The van der Waals surface area contributed by atoms with Gasteiger partial charge in [0.05, 0.1) is 15.4 Å². The zero-order valence-electron chi connectivity index (χ0n) is 15.4. The summed E-state index contributed by atoms with van der Waals surface area (Å²) in [4.78, 5) is 12.8. The van der Waals surface area contributed by atoms with E-state index in [2.05, 4.69) is 37.9 Å². The van der Waals surface area contributed by atoms with Gasteiger partial charge in [0, 0.05) is 5.41 Å². The zero-order valence-corrected chi connectivity index (χ0v) is 18.6. The van der Waals surface area contributed by atoms with E-state index in [9.17, 15) is 15.2 Å². The number of benzene rings is 2. The third-order valence-corrected chi connectivity index (χ3v) is 6.26. The Kier molecular flexibility index (Phi) is 5.44. The van der Waals surface area contributed by atoms with Crippen LogP contribution >= 0.6 is 31.9 Å². The first-order valence-electron chi connectivity index (χ1n) is 8.70. The molecule has 1 N–H and O–H groups in total. The molecular formula is C22H19Br2NO3. The molecule has 0 aromatic heterocycles. The molecule has 0 unspecified atom stereocenters. The summed E-state index contributed by atoms with van der Waals surface area (Å²) < 4.78 is 6.92. The highest BCUT2D eigenvalue weighted by atomic mass is 79.9. The Morgan fingerprint density at radius 1 is 1.11 bits per heavy atom. The molecule has 0 bridgehead atoms. The molecule has 3 rings (SSSR count). The van der Waals surface area contributed by atoms with E-state index in [1.807, 2.05) is 38.1 Å². The fourth-order valence-corrected chi connectivity index (χ4v) is 5.10. The van der Waals surface area contributed by atoms with E-state index >= 15 is 0 Å². The smallest absolute Gasteiger partial charge is 0.316 e. The first-order valence-corrected chi connectivity index (χ1v) is 10.3. The SMILES string of the molecule is CC1(C)[C@](C(=O)O)([C@@H](C#N)c2ccccc2)[C@]1(C=C(Br)Br)Oc1ccccc1. The number of nitriles is 1. The monoisotopic (exact) mass is 503 g/mol. The van der Waals surface area contributed by atoms with Crippen LogP contribution in [0.25, 0.3) is 0 Å². The predicted molar refractivity (Wildman–Crippen MR) is 114 cm³/mol. The molecule has 1 saturated carbocycles. The van der Waals surface area contributed by atoms with Crippen LogP contribution in [-0.2, 0) is 4.79 Å². The fourth-order valence-electron chi connectivity index (χ4n) is 4.45. The van der Waals surface area contributed by atoms with E-state index in [0.29, 0.717) is 14.7 Å². The number of nitrogens with zero attached hydrogens (tertiary/aromatic N) is 1. The van der Waals surface area contributed by atoms with Crippen molar-refractivity contribution >= 4 is 37.8 Å². The lowest BCUT2D eigenvalue weighted by Crippen LogP contribution is -2.36. The van der Waals surface area contributed by atoms with Crippen LogP contribution in [0.1, 0.15) is 25.3 Å². The van der Waals surface area contributed by atoms with Gasteiger partial charge in [-0.3, -0.25) is 4.79 Å². The maximum Gasteiger partial charge on any atom is 0.316 e. The predicted octanol–water partition coefficient (Wildman–Crippen LogP) is 5.85. The van der Waals surface area contributed by atoms with E-state index in [-0.39, 0.29) is 0 Å². The number of halogens is 2. The highest BCUT2D eigenvalue weighted by Crippen LogP contribution is 2.79. The second-order valence-electron chi connectivity index (χ2n) is 7.30. The highest BCUT2D eigenvalue weighted by Gasteiger charge is 2.91. The Hall–Kier alpha value is -2.10. The van der Waals surface area contributed by atoms with Crippen molar-refractivity contribution in [1.29, 1.82) is 5.26 Å². The summed E-state index contributed by atoms with van der Waals surface area (Å²) in [6, 6.07) is 20.3. The fraction of sp³-hybridized carbons (Fsp3) is 0.273. The number of carbonyl (C=O) groups is 1. The second-order valence-corrected chi connectivity index (χ2v) is 10.1. The van der Waals surface area contributed by atoms with Crippen molar-refractivity contribution in [2.75, 3.05) is 0 Å². The molecular weight excluding hydrogens is 486 g/mol. The van der Waals surface area contributed by atoms with Gasteiger partial charge in [0.2, 0.25) is 0 Å². The number of hydrogen-bond acceptors (Lipinski definition) is 3. The van der Waals surface area contributed by atoms with Crippen molar-refractivity contribution in [2.45, 2.75) is 25.4 Å². The van der Waals surface area contributed by atoms with Gasteiger partial charge in [-0.2, -0.15) is 5.26 Å². The lowest BCUT2D eigenvalue weighted by molar-refractivity contribution is -0.146. The summed E-state index contributed by atoms with van der Waals surface area (Å²) in [6.45, 7) is 3.66. The molecule has 28 heavy (non-hydrogen) atoms. The minimum absolute atomic E-state index is 0.543. The maximum absolute atomic E-state index is 12.8. The Labute approximate surface area is 181 Å². The van der Waals surface area contributed by atoms with Crippen LogP contribution in [0, 0.1) is 22.2 Å². The summed E-state index contributed by atoms with van der Waals surface area (Å²) >= 11 is 6.73. The standard InChI is InChI=1S/C22H19Br2NO3/c1-20(2)21(13-18(23)24,28-16-11-7-4-8-12-16)22(20,19(26)27)17(14-25)15-9-5-3-6-10-15/h3-13,17H,1-2H3,(H,26,27)/t17-,21+,22+/m0/s1. The van der Waals surface area contributed by atoms with Crippen molar-refractivity contribution in [2.24, 2.45) is 10.8 Å². The van der Waals surface area contributed by atoms with Gasteiger partial charge in [-0.25, -0.2) is 0 Å². The molecule has 0 saturated heterocycles. The minimum atomic E-state index is -1.49. The number of rotatable bonds is 6. The lowest BCUT2D eigenvalue weighted by atomic mass is 9.78. The number of carboxylic acid groups (broad SMARTS) is 1. The van der Waals surface area contributed by atoms with Crippen LogP contribution in [-0.4, -0.2) is 16.7 Å². The van der Waals surface area contributed by atoms with Gasteiger partial charge in [0.15, 0.2) is 5.60 Å². The summed E-state index contributed by atoms with van der Waals surface area (Å²) in [6.07, 6.45) is 1.71. The molecule has 1 aliphatic rings. The minimum Gasteiger partial charge on any atom is -0.481 e. The van der Waals surface area contributed by atoms with Gasteiger partial charge in [-0.05, 0) is 55.6 Å². The van der Waals surface area contributed by atoms with Crippen LogP contribution in [0.15, 0.2) is 70.1 Å². The molecule has 0 spiro atoms. The Morgan fingerprint density at radius 2 is 1.64 bits per heavy atom. The molecule has 144 valence electrons. The summed E-state index contributed by atoms with van der Waals surface area (Å²) in [5.74, 6) is -1.43. The van der Waals surface area contributed by atoms with Crippen LogP contribution < -0.4 is 4.74 Å². The maximum atomic E-state index is 12.8. The summed E-state index contributed by atoms with van der Waals surface area (Å²) in [5.41, 5.74) is -2.95. The Balaban J connectivity index is 2.25. The molecule has 2 aromatic rings. The molecule has 0 aliphatic heterocycles. The van der Waals surface area contributed by atoms with Gasteiger partial charge >= 0.3 is 5.97 Å². The average Bonchev–Trinajstić information content (AvgIpc) is 3.06. The first-order chi connectivity index (χ1) is 13.2. The number of carboxylic acids is 1. The van der Waals surface area contributed by atoms with E-state index in [0.717, 1.165) is 0 Å². The van der Waals surface area contributed by atoms with Crippen molar-refractivity contribution in [1.82, 2.24) is 0 Å². The highest BCUT2D eigenvalue weighted by molar-refractivity contribution is 9.28. The van der Waals surface area contributed by atoms with E-state index in [1.165, 1.54) is 0 Å². The van der Waals surface area contributed by atoms with E-state index in [4.69, 9.17) is 4.74 Å². The van der Waals surface area contributed by atoms with E-state index < -0.39 is 28.3 Å². The molecule has 4 nitrogen and oxygen atoms in total. The van der Waals surface area contributed by atoms with Crippen LogP contribution in [0.2, 0.25) is 0 Å². The molecule has 3 atom stereocenters. The topological polar surface area (TPSA) is 70.3 Å². The molecule has 0 amide bonds. The summed E-state index contributed by atoms with van der Waals surface area (Å²) in [7, 11) is 0. The number of aliphatic carboxylic acids is 1. The normalized spacial score (nSPS) is 25.8. The van der Waals surface area contributed by atoms with Crippen LogP contribution in [0.4, 0.5) is 0 Å². The lowest BCUT2D eigenvalue weighted by Gasteiger charge is -2.25. The quantitative estimate of drug-likeness (QED) is 0.535. The summed E-state index contributed by atoms with van der Waals surface area (Å²) in [5, 5.41) is 20.5. The molecule has 0 heterocycles. The van der Waals surface area contributed by atoms with Crippen molar-refractivity contribution in [3.63, 3.8) is 0 Å². The molecule has 2 aromatic carbocycles. The van der Waals surface area contributed by atoms with Crippen LogP contribution in [0.3, 0.4) is 0 Å². The van der Waals surface area contributed by atoms with Gasteiger partial charge in [-0.1, -0.05) is 62.4 Å². The van der Waals surface area contributed by atoms with E-state index in [1.54, 1.807) is 42.5 Å². The van der Waals surface area contributed by atoms with Gasteiger partial charge in [0.25, 0.3) is 0 Å². The van der Waals surface area contributed by atoms with Gasteiger partial charge in [-0.15, -0.1) is 0 Å². The number of hydrogen-bond donors (Lipinski definition) is 1. The Morgan fingerprint density at radius 3 is 2.11 bits per heavy atom.